The van der Waals surface area contributed by atoms with E-state index in [-0.39, 0.29) is 17.9 Å². The van der Waals surface area contributed by atoms with Gasteiger partial charge in [0.1, 0.15) is 23.3 Å². The Bertz CT molecular complexity index is 2220. The van der Waals surface area contributed by atoms with Crippen LogP contribution in [-0.2, 0) is 9.53 Å². The summed E-state index contributed by atoms with van der Waals surface area (Å²) in [6, 6.07) is 18.9. The minimum absolute atomic E-state index is 0.00656. The zero-order valence-corrected chi connectivity index (χ0v) is 26.6. The maximum absolute atomic E-state index is 14.3. The Morgan fingerprint density at radius 2 is 1.91 bits per heavy atom. The first kappa shape index (κ1) is 30.7. The van der Waals surface area contributed by atoms with Gasteiger partial charge in [-0.2, -0.15) is 0 Å². The molecule has 1 aliphatic heterocycles. The van der Waals surface area contributed by atoms with Crippen LogP contribution in [0.1, 0.15) is 49.6 Å². The number of nitro benzene ring substituents is 1. The Kier molecular flexibility index (Phi) is 8.42. The van der Waals surface area contributed by atoms with Crippen LogP contribution in [-0.4, -0.2) is 29.2 Å². The lowest BCUT2D eigenvalue weighted by molar-refractivity contribution is -0.385. The molecule has 0 bridgehead atoms. The fraction of sp³-hybridized carbons (Fsp3) is 0.229. The third kappa shape index (κ3) is 5.32. The molecule has 0 radical (unpaired) electrons. The summed E-state index contributed by atoms with van der Waals surface area (Å²) in [6.07, 6.45) is 2.86. The van der Waals surface area contributed by atoms with Crippen LogP contribution in [0.3, 0.4) is 0 Å². The van der Waals surface area contributed by atoms with Gasteiger partial charge in [-0.3, -0.25) is 19.5 Å². The number of methoxy groups -OCH3 is 1. The van der Waals surface area contributed by atoms with Gasteiger partial charge in [0.2, 0.25) is 0 Å². The number of nitrogens with zero attached hydrogens (tertiary/aromatic N) is 3. The number of allylic oxidation sites excluding steroid dienone is 1. The minimum atomic E-state index is -0.861. The van der Waals surface area contributed by atoms with Gasteiger partial charge in [0.05, 0.1) is 34.4 Å². The second-order valence-electron chi connectivity index (χ2n) is 10.7. The van der Waals surface area contributed by atoms with Gasteiger partial charge in [0, 0.05) is 28.8 Å². The van der Waals surface area contributed by atoms with Gasteiger partial charge in [-0.05, 0) is 49.2 Å². The van der Waals surface area contributed by atoms with Gasteiger partial charge in [-0.15, -0.1) is 0 Å². The number of hydrogen-bond donors (Lipinski definition) is 0. The summed E-state index contributed by atoms with van der Waals surface area (Å²) in [4.78, 5) is 44.4. The first-order valence-corrected chi connectivity index (χ1v) is 15.7. The SMILES string of the molecule is CCCC1=C(C(=O)OCC)[C@H](c2c(OC)ccc3ccccc23)n2c(s/c(=C\c3ccc(-c4cccc([N+](=O)[O-])c4C)o3)c2=O)=N1. The third-order valence-electron chi connectivity index (χ3n) is 7.98. The molecule has 0 N–H and O–H groups in total. The van der Waals surface area contributed by atoms with Crippen molar-refractivity contribution in [1.29, 1.82) is 0 Å². The fourth-order valence-corrected chi connectivity index (χ4v) is 6.92. The molecule has 0 amide bonds. The number of ether oxygens (including phenoxy) is 2. The highest BCUT2D eigenvalue weighted by Crippen LogP contribution is 2.41. The topological polar surface area (TPSA) is 126 Å². The number of fused-ring (bicyclic) bond motifs is 2. The van der Waals surface area contributed by atoms with E-state index in [1.54, 1.807) is 55.9 Å². The molecule has 0 fully saturated rings. The standard InChI is InChI=1S/C35H31N3O7S/c1-5-10-25-31(34(40)44-6-2)32(30-24-12-8-7-11-21(24)15-17-28(30)43-4)37-33(39)29(46-35(37)36-25)19-22-16-18-27(45-22)23-13-9-14-26(20(23)3)38(41)42/h7-9,11-19,32H,5-6,10H2,1-4H3/b29-19-/t32-/m0/s1. The summed E-state index contributed by atoms with van der Waals surface area (Å²) in [6.45, 7) is 5.58. The number of carbonyl (C=O) groups excluding carboxylic acids is 1. The van der Waals surface area contributed by atoms with Gasteiger partial charge >= 0.3 is 5.97 Å². The van der Waals surface area contributed by atoms with E-state index >= 15 is 0 Å². The smallest absolute Gasteiger partial charge is 0.338 e. The number of esters is 1. The Morgan fingerprint density at radius 3 is 2.65 bits per heavy atom. The number of benzene rings is 3. The Hall–Kier alpha value is -5.29. The van der Waals surface area contributed by atoms with Crippen LogP contribution in [0.5, 0.6) is 5.75 Å². The minimum Gasteiger partial charge on any atom is -0.496 e. The van der Waals surface area contributed by atoms with Crippen LogP contribution in [0.4, 0.5) is 5.69 Å². The van der Waals surface area contributed by atoms with Crippen molar-refractivity contribution >= 4 is 39.8 Å². The van der Waals surface area contributed by atoms with Crippen molar-refractivity contribution in [2.75, 3.05) is 13.7 Å². The third-order valence-corrected chi connectivity index (χ3v) is 8.97. The molecule has 1 aliphatic rings. The molecule has 46 heavy (non-hydrogen) atoms. The van der Waals surface area contributed by atoms with Crippen molar-refractivity contribution in [2.24, 2.45) is 4.99 Å². The lowest BCUT2D eigenvalue weighted by Gasteiger charge is -2.28. The normalized spacial score (nSPS) is 14.7. The van der Waals surface area contributed by atoms with Gasteiger partial charge in [-0.1, -0.05) is 67.1 Å². The highest BCUT2D eigenvalue weighted by Gasteiger charge is 2.37. The average molecular weight is 638 g/mol. The summed E-state index contributed by atoms with van der Waals surface area (Å²) in [5, 5.41) is 13.2. The summed E-state index contributed by atoms with van der Waals surface area (Å²) in [5.41, 5.74) is 2.24. The molecule has 0 spiro atoms. The highest BCUT2D eigenvalue weighted by molar-refractivity contribution is 7.07. The van der Waals surface area contributed by atoms with Gasteiger partial charge in [0.25, 0.3) is 11.2 Å². The van der Waals surface area contributed by atoms with Crippen LogP contribution in [0.15, 0.2) is 92.2 Å². The van der Waals surface area contributed by atoms with Crippen LogP contribution in [0, 0.1) is 17.0 Å². The van der Waals surface area contributed by atoms with Gasteiger partial charge < -0.3 is 13.9 Å². The summed E-state index contributed by atoms with van der Waals surface area (Å²) < 4.78 is 19.4. The summed E-state index contributed by atoms with van der Waals surface area (Å²) in [5.74, 6) is 0.824. The van der Waals surface area contributed by atoms with E-state index in [2.05, 4.69) is 0 Å². The average Bonchev–Trinajstić information content (AvgIpc) is 3.63. The number of rotatable bonds is 9. The molecule has 3 heterocycles. The number of carbonyl (C=O) groups is 1. The lowest BCUT2D eigenvalue weighted by atomic mass is 9.90. The van der Waals surface area contributed by atoms with E-state index in [1.165, 1.54) is 17.4 Å². The van der Waals surface area contributed by atoms with Crippen LogP contribution < -0.4 is 19.6 Å². The first-order valence-electron chi connectivity index (χ1n) is 14.9. The van der Waals surface area contributed by atoms with E-state index in [4.69, 9.17) is 18.9 Å². The molecule has 10 nitrogen and oxygen atoms in total. The second-order valence-corrected chi connectivity index (χ2v) is 11.7. The largest absolute Gasteiger partial charge is 0.496 e. The van der Waals surface area contributed by atoms with Crippen molar-refractivity contribution in [2.45, 2.75) is 39.7 Å². The Labute approximate surface area is 267 Å². The predicted molar refractivity (Wildman–Crippen MR) is 176 cm³/mol. The molecule has 2 aromatic heterocycles. The Balaban J connectivity index is 1.58. The molecule has 0 unspecified atom stereocenters. The Morgan fingerprint density at radius 1 is 1.11 bits per heavy atom. The maximum atomic E-state index is 14.3. The molecule has 0 aliphatic carbocycles. The zero-order valence-electron chi connectivity index (χ0n) is 25.7. The maximum Gasteiger partial charge on any atom is 0.338 e. The van der Waals surface area contributed by atoms with E-state index < -0.39 is 16.9 Å². The molecule has 0 saturated carbocycles. The highest BCUT2D eigenvalue weighted by atomic mass is 32.1. The molecule has 5 aromatic rings. The monoisotopic (exact) mass is 637 g/mol. The predicted octanol–water partition coefficient (Wildman–Crippen LogP) is 6.22. The van der Waals surface area contributed by atoms with Crippen molar-refractivity contribution in [3.05, 3.63) is 125 Å². The number of aromatic nitrogens is 1. The summed E-state index contributed by atoms with van der Waals surface area (Å²) in [7, 11) is 1.57. The van der Waals surface area contributed by atoms with Crippen molar-refractivity contribution < 1.29 is 23.6 Å². The molecular weight excluding hydrogens is 606 g/mol. The zero-order chi connectivity index (χ0) is 32.5. The second kappa shape index (κ2) is 12.6. The number of furan rings is 1. The molecule has 3 aromatic carbocycles. The number of hydrogen-bond acceptors (Lipinski definition) is 9. The molecular formula is C35H31N3O7S. The van der Waals surface area contributed by atoms with Crippen LogP contribution in [0.25, 0.3) is 28.2 Å². The molecule has 234 valence electrons. The fourth-order valence-electron chi connectivity index (χ4n) is 5.92. The van der Waals surface area contributed by atoms with Gasteiger partial charge in [-0.25, -0.2) is 9.79 Å². The number of nitro groups is 1. The van der Waals surface area contributed by atoms with E-state index in [1.807, 2.05) is 43.3 Å². The van der Waals surface area contributed by atoms with Crippen LogP contribution >= 0.6 is 11.3 Å². The van der Waals surface area contributed by atoms with Crippen molar-refractivity contribution in [3.63, 3.8) is 0 Å². The molecule has 0 saturated heterocycles. The first-order chi connectivity index (χ1) is 22.3. The lowest BCUT2D eigenvalue weighted by Crippen LogP contribution is -2.40. The molecule has 11 heteroatoms. The molecule has 6 rings (SSSR count). The van der Waals surface area contributed by atoms with Crippen LogP contribution in [0.2, 0.25) is 0 Å². The molecule has 1 atom stereocenters. The van der Waals surface area contributed by atoms with E-state index in [0.29, 0.717) is 61.0 Å². The van der Waals surface area contributed by atoms with Crippen molar-refractivity contribution in [3.8, 4) is 17.1 Å². The number of thiazole rings is 1. The summed E-state index contributed by atoms with van der Waals surface area (Å²) >= 11 is 1.20. The quantitative estimate of drug-likeness (QED) is 0.107. The van der Waals surface area contributed by atoms with E-state index in [0.717, 1.165) is 17.2 Å². The van der Waals surface area contributed by atoms with Crippen molar-refractivity contribution in [1.82, 2.24) is 4.57 Å². The van der Waals surface area contributed by atoms with E-state index in [9.17, 15) is 19.7 Å². The van der Waals surface area contributed by atoms with Gasteiger partial charge in [0.15, 0.2) is 4.80 Å².